The zero-order chi connectivity index (χ0) is 45.5. The third-order valence-electron chi connectivity index (χ3n) is 8.31. The lowest BCUT2D eigenvalue weighted by atomic mass is 10.1. The number of benzene rings is 3. The van der Waals surface area contributed by atoms with Crippen LogP contribution in [0.15, 0.2) is 77.2 Å². The molecule has 1 unspecified atom stereocenters. The molecular formula is C44H61N3O16. The van der Waals surface area contributed by atoms with E-state index >= 15 is 0 Å². The van der Waals surface area contributed by atoms with Crippen molar-refractivity contribution in [3.8, 4) is 28.7 Å². The summed E-state index contributed by atoms with van der Waals surface area (Å²) in [5.74, 6) is -0.457. The highest BCUT2D eigenvalue weighted by atomic mass is 16.6. The van der Waals surface area contributed by atoms with Gasteiger partial charge >= 0.3 is 5.97 Å². The van der Waals surface area contributed by atoms with Crippen LogP contribution in [0.1, 0.15) is 23.6 Å². The van der Waals surface area contributed by atoms with Gasteiger partial charge in [0.05, 0.1) is 131 Å². The highest BCUT2D eigenvalue weighted by Gasteiger charge is 2.18. The summed E-state index contributed by atoms with van der Waals surface area (Å²) in [6, 6.07) is 15.1. The lowest BCUT2D eigenvalue weighted by Gasteiger charge is -2.15. The van der Waals surface area contributed by atoms with Gasteiger partial charge in [0.25, 0.3) is 0 Å². The van der Waals surface area contributed by atoms with E-state index in [0.717, 1.165) is 6.07 Å². The number of nitrogens with two attached hydrogens (primary N) is 1. The molecule has 0 saturated carbocycles. The van der Waals surface area contributed by atoms with Crippen LogP contribution in [0, 0.1) is 0 Å². The summed E-state index contributed by atoms with van der Waals surface area (Å²) in [7, 11) is 1.53. The molecule has 0 aliphatic carbocycles. The van der Waals surface area contributed by atoms with Gasteiger partial charge in [0, 0.05) is 23.3 Å². The number of aromatic hydroxyl groups is 3. The van der Waals surface area contributed by atoms with Gasteiger partial charge in [0.1, 0.15) is 41.2 Å². The predicted octanol–water partition coefficient (Wildman–Crippen LogP) is 3.07. The molecule has 0 aliphatic heterocycles. The van der Waals surface area contributed by atoms with E-state index in [9.17, 15) is 20.1 Å². The quantitative estimate of drug-likeness (QED) is 0.0250. The normalized spacial score (nSPS) is 12.3. The van der Waals surface area contributed by atoms with Crippen molar-refractivity contribution in [2.24, 2.45) is 15.7 Å². The second kappa shape index (κ2) is 31.5. The second-order valence-corrected chi connectivity index (χ2v) is 13.0. The van der Waals surface area contributed by atoms with Crippen molar-refractivity contribution in [2.75, 3.05) is 126 Å². The number of phenols is 3. The van der Waals surface area contributed by atoms with E-state index in [1.54, 1.807) is 30.3 Å². The molecule has 6 N–H and O–H groups in total. The molecule has 348 valence electrons. The minimum atomic E-state index is -0.994. The van der Waals surface area contributed by atoms with E-state index in [4.69, 9.17) is 62.9 Å². The van der Waals surface area contributed by atoms with Gasteiger partial charge in [-0.1, -0.05) is 6.58 Å². The Morgan fingerprint density at radius 3 is 1.51 bits per heavy atom. The van der Waals surface area contributed by atoms with E-state index in [2.05, 4.69) is 16.6 Å². The van der Waals surface area contributed by atoms with E-state index in [0.29, 0.717) is 110 Å². The Bertz CT molecular complexity index is 1830. The molecule has 19 nitrogen and oxygen atoms in total. The molecule has 3 aromatic rings. The zero-order valence-electron chi connectivity index (χ0n) is 35.9. The first-order valence-corrected chi connectivity index (χ1v) is 20.3. The number of hydrogen-bond acceptors (Lipinski definition) is 17. The van der Waals surface area contributed by atoms with Crippen molar-refractivity contribution in [3.63, 3.8) is 0 Å². The number of carbonyl (C=O) groups excluding carboxylic acids is 1. The first-order chi connectivity index (χ1) is 30.6. The molecule has 3 aromatic carbocycles. The van der Waals surface area contributed by atoms with E-state index < -0.39 is 12.1 Å². The Labute approximate surface area is 367 Å². The average molecular weight is 888 g/mol. The number of amidine groups is 2. The number of esters is 1. The minimum Gasteiger partial charge on any atom is -0.508 e. The number of aliphatic imine (C=N–C) groups is 2. The number of rotatable bonds is 34. The lowest BCUT2D eigenvalue weighted by molar-refractivity contribution is -0.152. The zero-order valence-corrected chi connectivity index (χ0v) is 35.9. The number of hydrogen-bond donors (Lipinski definition) is 5. The Morgan fingerprint density at radius 2 is 1.05 bits per heavy atom. The molecule has 19 heteroatoms. The van der Waals surface area contributed by atoms with E-state index in [-0.39, 0.29) is 71.3 Å². The molecule has 0 aliphatic rings. The molecule has 0 amide bonds. The molecule has 0 fully saturated rings. The summed E-state index contributed by atoms with van der Waals surface area (Å²) in [6.07, 6.45) is -0.994. The molecule has 3 rings (SSSR count). The molecule has 0 heterocycles. The summed E-state index contributed by atoms with van der Waals surface area (Å²) in [5.41, 5.74) is 7.30. The number of aliphatic hydroxyl groups is 1. The van der Waals surface area contributed by atoms with Crippen LogP contribution < -0.4 is 15.2 Å². The maximum absolute atomic E-state index is 12.5. The van der Waals surface area contributed by atoms with Crippen LogP contribution in [-0.4, -0.2) is 170 Å². The molecule has 0 spiro atoms. The number of phenolic OH excluding ortho intramolecular Hbond substituents is 3. The van der Waals surface area contributed by atoms with Gasteiger partial charge in [-0.25, -0.2) is 14.8 Å². The van der Waals surface area contributed by atoms with Crippen molar-refractivity contribution in [3.05, 3.63) is 83.9 Å². The van der Waals surface area contributed by atoms with Crippen LogP contribution in [0.2, 0.25) is 0 Å². The fourth-order valence-electron chi connectivity index (χ4n) is 5.10. The molecular weight excluding hydrogens is 826 g/mol. The van der Waals surface area contributed by atoms with Gasteiger partial charge in [-0.15, -0.1) is 0 Å². The van der Waals surface area contributed by atoms with Gasteiger partial charge in [-0.3, -0.25) is 0 Å². The molecule has 0 bridgehead atoms. The third-order valence-corrected chi connectivity index (χ3v) is 8.31. The SMILES string of the molecule is C=C(N=C(N=C(N)c1ccc(O)cc1O)c1ccc(OC)cc1)c1ccc(OC(C)C(=O)OCCOCCOCCOCCOCCOCCOCCOCCOCCO)cc1O. The highest BCUT2D eigenvalue weighted by molar-refractivity contribution is 6.13. The first-order valence-electron chi connectivity index (χ1n) is 20.3. The largest absolute Gasteiger partial charge is 0.508 e. The highest BCUT2D eigenvalue weighted by Crippen LogP contribution is 2.31. The number of methoxy groups -OCH3 is 1. The third kappa shape index (κ3) is 21.5. The standard InChI is InChI=1S/C44H61N3O16/c1-32(46-43(34-4-7-36(53-3)8-5-34)47-42(45)39-10-6-35(49)30-40(39)50)38-11-9-37(31-41(38)51)63-33(2)44(52)62-29-28-61-27-26-60-25-24-59-23-22-58-21-20-57-19-18-56-17-16-55-15-14-54-13-12-48/h4-11,30-31,33,48-51H,1,12-29H2,2-3H3,(H2,45,46,47). The predicted molar refractivity (Wildman–Crippen MR) is 232 cm³/mol. The van der Waals surface area contributed by atoms with E-state index in [1.807, 2.05) is 0 Å². The number of carbonyl (C=O) groups is 1. The van der Waals surface area contributed by atoms with Gasteiger partial charge in [-0.05, 0) is 55.5 Å². The Kier molecular flexibility index (Phi) is 26.0. The first kappa shape index (κ1) is 52.0. The molecule has 0 radical (unpaired) electrons. The summed E-state index contributed by atoms with van der Waals surface area (Å²) in [4.78, 5) is 21.5. The van der Waals surface area contributed by atoms with Gasteiger partial charge in [0.2, 0.25) is 0 Å². The minimum absolute atomic E-state index is 0.00348. The van der Waals surface area contributed by atoms with Crippen LogP contribution in [0.25, 0.3) is 5.70 Å². The van der Waals surface area contributed by atoms with Gasteiger partial charge < -0.3 is 78.3 Å². The molecule has 63 heavy (non-hydrogen) atoms. The number of aliphatic hydroxyl groups excluding tert-OH is 1. The van der Waals surface area contributed by atoms with Crippen LogP contribution in [0.5, 0.6) is 28.7 Å². The van der Waals surface area contributed by atoms with Crippen molar-refractivity contribution < 1.29 is 77.3 Å². The van der Waals surface area contributed by atoms with Crippen molar-refractivity contribution in [1.82, 2.24) is 0 Å². The maximum atomic E-state index is 12.5. The van der Waals surface area contributed by atoms with Crippen molar-refractivity contribution >= 4 is 23.3 Å². The Balaban J connectivity index is 1.26. The average Bonchev–Trinajstić information content (AvgIpc) is 3.27. The second-order valence-electron chi connectivity index (χ2n) is 13.0. The van der Waals surface area contributed by atoms with Gasteiger partial charge in [0.15, 0.2) is 11.9 Å². The summed E-state index contributed by atoms with van der Waals surface area (Å²) >= 11 is 0. The molecule has 0 aromatic heterocycles. The lowest BCUT2D eigenvalue weighted by Crippen LogP contribution is -2.27. The van der Waals surface area contributed by atoms with Crippen LogP contribution >= 0.6 is 0 Å². The number of nitrogens with zero attached hydrogens (tertiary/aromatic N) is 2. The van der Waals surface area contributed by atoms with Crippen LogP contribution in [-0.2, 0) is 47.4 Å². The molecule has 1 atom stereocenters. The Hall–Kier alpha value is -5.35. The summed E-state index contributed by atoms with van der Waals surface area (Å²) in [6.45, 7) is 12.0. The van der Waals surface area contributed by atoms with Crippen LogP contribution in [0.4, 0.5) is 0 Å². The van der Waals surface area contributed by atoms with Gasteiger partial charge in [-0.2, -0.15) is 0 Å². The van der Waals surface area contributed by atoms with E-state index in [1.165, 1.54) is 38.3 Å². The topological polar surface area (TPSA) is 250 Å². The fourth-order valence-corrected chi connectivity index (χ4v) is 5.10. The van der Waals surface area contributed by atoms with Crippen molar-refractivity contribution in [1.29, 1.82) is 0 Å². The summed E-state index contributed by atoms with van der Waals surface area (Å²) < 4.78 is 59.4. The number of ether oxygens (including phenoxy) is 11. The summed E-state index contributed by atoms with van der Waals surface area (Å²) in [5, 5.41) is 39.5. The fraction of sp³-hybridized carbons (Fsp3) is 0.477. The van der Waals surface area contributed by atoms with Crippen molar-refractivity contribution in [2.45, 2.75) is 13.0 Å². The monoisotopic (exact) mass is 887 g/mol. The van der Waals surface area contributed by atoms with Crippen LogP contribution in [0.3, 0.4) is 0 Å². The maximum Gasteiger partial charge on any atom is 0.347 e. The molecule has 0 saturated heterocycles. The Morgan fingerprint density at radius 1 is 0.603 bits per heavy atom. The smallest absolute Gasteiger partial charge is 0.347 e.